The lowest BCUT2D eigenvalue weighted by molar-refractivity contribution is -0.135. The zero-order valence-electron chi connectivity index (χ0n) is 13.4. The smallest absolute Gasteiger partial charge is 0.271 e. The molecule has 0 radical (unpaired) electrons. The predicted molar refractivity (Wildman–Crippen MR) is 93.1 cm³/mol. The van der Waals surface area contributed by atoms with Crippen molar-refractivity contribution in [1.82, 2.24) is 19.0 Å². The summed E-state index contributed by atoms with van der Waals surface area (Å²) in [6.45, 7) is 3.58. The van der Waals surface area contributed by atoms with Crippen molar-refractivity contribution in [1.29, 1.82) is 0 Å². The molecule has 0 aromatic carbocycles. The van der Waals surface area contributed by atoms with Gasteiger partial charge >= 0.3 is 0 Å². The minimum absolute atomic E-state index is 0.0332. The van der Waals surface area contributed by atoms with Gasteiger partial charge in [0.2, 0.25) is 5.91 Å². The highest BCUT2D eigenvalue weighted by atomic mass is 32.1. The van der Waals surface area contributed by atoms with Crippen LogP contribution in [0.5, 0.6) is 0 Å². The molecule has 0 N–H and O–H groups in total. The molecule has 7 heteroatoms. The van der Waals surface area contributed by atoms with E-state index in [9.17, 15) is 9.59 Å². The fraction of sp³-hybridized carbons (Fsp3) is 0.353. The van der Waals surface area contributed by atoms with E-state index >= 15 is 0 Å². The highest BCUT2D eigenvalue weighted by Gasteiger charge is 2.29. The zero-order chi connectivity index (χ0) is 16.7. The molecule has 6 nitrogen and oxygen atoms in total. The first kappa shape index (κ1) is 15.1. The second-order valence-electron chi connectivity index (χ2n) is 5.95. The Balaban J connectivity index is 1.61. The lowest BCUT2D eigenvalue weighted by Gasteiger charge is -2.36. The summed E-state index contributed by atoms with van der Waals surface area (Å²) in [5.41, 5.74) is 1.71. The summed E-state index contributed by atoms with van der Waals surface area (Å²) in [5, 5.41) is 1.84. The van der Waals surface area contributed by atoms with Crippen molar-refractivity contribution < 1.29 is 4.79 Å². The maximum atomic E-state index is 12.8. The van der Waals surface area contributed by atoms with E-state index in [1.165, 1.54) is 22.2 Å². The standard InChI is InChI=1S/C17H18N4O2S/c1-2-13-14-4-3-6-19(14)7-8-21(13)15(22)10-20-11-18-12-5-9-24-16(12)17(20)23/h3-6,9,11,13H,2,7-8,10H2,1H3/t13-/m0/s1. The maximum Gasteiger partial charge on any atom is 0.271 e. The minimum Gasteiger partial charge on any atom is -0.348 e. The zero-order valence-corrected chi connectivity index (χ0v) is 14.2. The molecule has 0 bridgehead atoms. The third-order valence-electron chi connectivity index (χ3n) is 4.61. The summed E-state index contributed by atoms with van der Waals surface area (Å²) in [6, 6.07) is 5.97. The van der Waals surface area contributed by atoms with Crippen molar-refractivity contribution in [2.24, 2.45) is 0 Å². The molecule has 124 valence electrons. The first-order chi connectivity index (χ1) is 11.7. The summed E-state index contributed by atoms with van der Waals surface area (Å²) >= 11 is 1.36. The number of nitrogens with zero attached hydrogens (tertiary/aromatic N) is 4. The third-order valence-corrected chi connectivity index (χ3v) is 5.50. The Labute approximate surface area is 143 Å². The fourth-order valence-electron chi connectivity index (χ4n) is 3.42. The molecular formula is C17H18N4O2S. The van der Waals surface area contributed by atoms with E-state index in [4.69, 9.17) is 0 Å². The molecule has 1 aliphatic rings. The number of aromatic nitrogens is 3. The van der Waals surface area contributed by atoms with Crippen LogP contribution in [0.1, 0.15) is 25.1 Å². The summed E-state index contributed by atoms with van der Waals surface area (Å²) in [6.07, 6.45) is 4.38. The van der Waals surface area contributed by atoms with Crippen LogP contribution in [-0.2, 0) is 17.9 Å². The van der Waals surface area contributed by atoms with Crippen LogP contribution < -0.4 is 5.56 Å². The molecule has 3 aromatic heterocycles. The minimum atomic E-state index is -0.142. The van der Waals surface area contributed by atoms with Gasteiger partial charge in [0, 0.05) is 25.0 Å². The van der Waals surface area contributed by atoms with Crippen molar-refractivity contribution in [2.45, 2.75) is 32.5 Å². The molecule has 4 rings (SSSR count). The Morgan fingerprint density at radius 2 is 2.25 bits per heavy atom. The lowest BCUT2D eigenvalue weighted by Crippen LogP contribution is -2.44. The number of hydrogen-bond acceptors (Lipinski definition) is 4. The lowest BCUT2D eigenvalue weighted by atomic mass is 10.1. The van der Waals surface area contributed by atoms with Crippen molar-refractivity contribution >= 4 is 27.5 Å². The van der Waals surface area contributed by atoms with Gasteiger partial charge in [-0.3, -0.25) is 14.2 Å². The highest BCUT2D eigenvalue weighted by Crippen LogP contribution is 2.28. The van der Waals surface area contributed by atoms with E-state index in [1.54, 1.807) is 0 Å². The highest BCUT2D eigenvalue weighted by molar-refractivity contribution is 7.17. The van der Waals surface area contributed by atoms with Gasteiger partial charge in [0.25, 0.3) is 5.56 Å². The largest absolute Gasteiger partial charge is 0.348 e. The van der Waals surface area contributed by atoms with Crippen molar-refractivity contribution in [3.8, 4) is 0 Å². The van der Waals surface area contributed by atoms with Crippen LogP contribution >= 0.6 is 11.3 Å². The van der Waals surface area contributed by atoms with Crippen LogP contribution in [0.2, 0.25) is 0 Å². The number of hydrogen-bond donors (Lipinski definition) is 0. The second kappa shape index (κ2) is 5.90. The van der Waals surface area contributed by atoms with Gasteiger partial charge in [-0.2, -0.15) is 0 Å². The molecule has 1 atom stereocenters. The number of carbonyl (C=O) groups excluding carboxylic acids is 1. The fourth-order valence-corrected chi connectivity index (χ4v) is 4.21. The number of amides is 1. The Hall–Kier alpha value is -2.41. The summed E-state index contributed by atoms with van der Waals surface area (Å²) in [4.78, 5) is 31.5. The number of rotatable bonds is 3. The van der Waals surface area contributed by atoms with Gasteiger partial charge in [-0.15, -0.1) is 11.3 Å². The Morgan fingerprint density at radius 3 is 3.08 bits per heavy atom. The van der Waals surface area contributed by atoms with Crippen LogP contribution in [-0.4, -0.2) is 31.5 Å². The van der Waals surface area contributed by atoms with E-state index in [1.807, 2.05) is 22.4 Å². The molecule has 0 unspecified atom stereocenters. The molecule has 1 amide bonds. The van der Waals surface area contributed by atoms with E-state index in [-0.39, 0.29) is 24.1 Å². The molecule has 0 spiro atoms. The van der Waals surface area contributed by atoms with Crippen LogP contribution in [0.4, 0.5) is 0 Å². The maximum absolute atomic E-state index is 12.8. The molecule has 1 aliphatic heterocycles. The molecular weight excluding hydrogens is 324 g/mol. The average molecular weight is 342 g/mol. The quantitative estimate of drug-likeness (QED) is 0.733. The van der Waals surface area contributed by atoms with Gasteiger partial charge in [-0.25, -0.2) is 4.98 Å². The second-order valence-corrected chi connectivity index (χ2v) is 6.87. The summed E-state index contributed by atoms with van der Waals surface area (Å²) in [5.74, 6) is -0.0332. The van der Waals surface area contributed by atoms with Gasteiger partial charge in [0.05, 0.1) is 17.9 Å². The topological polar surface area (TPSA) is 60.1 Å². The van der Waals surface area contributed by atoms with E-state index < -0.39 is 0 Å². The monoisotopic (exact) mass is 342 g/mol. The normalized spacial score (nSPS) is 17.2. The Morgan fingerprint density at radius 1 is 1.38 bits per heavy atom. The van der Waals surface area contributed by atoms with Crippen molar-refractivity contribution in [3.05, 3.63) is 52.2 Å². The third kappa shape index (κ3) is 2.36. The first-order valence-electron chi connectivity index (χ1n) is 8.06. The van der Waals surface area contributed by atoms with Gasteiger partial charge in [0.15, 0.2) is 0 Å². The summed E-state index contributed by atoms with van der Waals surface area (Å²) < 4.78 is 4.22. The molecule has 4 heterocycles. The summed E-state index contributed by atoms with van der Waals surface area (Å²) in [7, 11) is 0. The van der Waals surface area contributed by atoms with Gasteiger partial charge in [0.1, 0.15) is 11.2 Å². The van der Waals surface area contributed by atoms with E-state index in [2.05, 4.69) is 28.7 Å². The van der Waals surface area contributed by atoms with Crippen molar-refractivity contribution in [3.63, 3.8) is 0 Å². The molecule has 0 saturated carbocycles. The average Bonchev–Trinajstić information content (AvgIpc) is 3.25. The SMILES string of the molecule is CC[C@H]1c2cccn2CCN1C(=O)Cn1cnc2ccsc2c1=O. The number of carbonyl (C=O) groups is 1. The Kier molecular flexibility index (Phi) is 3.72. The van der Waals surface area contributed by atoms with Gasteiger partial charge in [-0.05, 0) is 30.0 Å². The van der Waals surface area contributed by atoms with E-state index in [0.29, 0.717) is 16.8 Å². The number of thiophene rings is 1. The molecule has 24 heavy (non-hydrogen) atoms. The molecule has 3 aromatic rings. The van der Waals surface area contributed by atoms with Gasteiger partial charge < -0.3 is 9.47 Å². The van der Waals surface area contributed by atoms with Crippen LogP contribution in [0.25, 0.3) is 10.2 Å². The van der Waals surface area contributed by atoms with Crippen LogP contribution in [0, 0.1) is 0 Å². The first-order valence-corrected chi connectivity index (χ1v) is 8.94. The number of fused-ring (bicyclic) bond motifs is 2. The van der Waals surface area contributed by atoms with E-state index in [0.717, 1.165) is 18.7 Å². The molecule has 0 aliphatic carbocycles. The predicted octanol–water partition coefficient (Wildman–Crippen LogP) is 2.25. The molecule has 0 fully saturated rings. The molecule has 0 saturated heterocycles. The van der Waals surface area contributed by atoms with Gasteiger partial charge in [-0.1, -0.05) is 6.92 Å². The van der Waals surface area contributed by atoms with Crippen molar-refractivity contribution in [2.75, 3.05) is 6.54 Å². The van der Waals surface area contributed by atoms with Crippen LogP contribution in [0.15, 0.2) is 40.9 Å². The Bertz CT molecular complexity index is 955. The van der Waals surface area contributed by atoms with Crippen LogP contribution in [0.3, 0.4) is 0 Å².